The SMILES string of the molecule is CC(Nc1nccc(C#N)c1[N+](=O)[O-])c1ccncc1. The van der Waals surface area contributed by atoms with Crippen molar-refractivity contribution < 1.29 is 4.92 Å². The number of aromatic nitrogens is 2. The topological polar surface area (TPSA) is 105 Å². The van der Waals surface area contributed by atoms with E-state index in [1.54, 1.807) is 30.6 Å². The Hall–Kier alpha value is -3.01. The maximum atomic E-state index is 11.1. The van der Waals surface area contributed by atoms with Gasteiger partial charge in [0.25, 0.3) is 0 Å². The molecule has 0 spiro atoms. The Balaban J connectivity index is 2.35. The van der Waals surface area contributed by atoms with Crippen LogP contribution in [-0.4, -0.2) is 14.9 Å². The van der Waals surface area contributed by atoms with E-state index in [2.05, 4.69) is 15.3 Å². The van der Waals surface area contributed by atoms with Gasteiger partial charge in [0.05, 0.1) is 11.0 Å². The van der Waals surface area contributed by atoms with E-state index in [1.807, 2.05) is 6.92 Å². The maximum Gasteiger partial charge on any atom is 0.328 e. The lowest BCUT2D eigenvalue weighted by Crippen LogP contribution is -2.10. The van der Waals surface area contributed by atoms with Crippen LogP contribution in [-0.2, 0) is 0 Å². The Morgan fingerprint density at radius 3 is 2.65 bits per heavy atom. The smallest absolute Gasteiger partial charge is 0.328 e. The van der Waals surface area contributed by atoms with Gasteiger partial charge in [0.1, 0.15) is 11.6 Å². The summed E-state index contributed by atoms with van der Waals surface area (Å²) in [7, 11) is 0. The molecule has 0 aromatic carbocycles. The van der Waals surface area contributed by atoms with E-state index in [0.29, 0.717) is 0 Å². The third kappa shape index (κ3) is 2.70. The highest BCUT2D eigenvalue weighted by molar-refractivity contribution is 5.64. The fraction of sp³-hybridized carbons (Fsp3) is 0.154. The summed E-state index contributed by atoms with van der Waals surface area (Å²) in [5.41, 5.74) is 0.587. The van der Waals surface area contributed by atoms with E-state index >= 15 is 0 Å². The zero-order valence-corrected chi connectivity index (χ0v) is 10.6. The number of anilines is 1. The third-order valence-corrected chi connectivity index (χ3v) is 2.79. The number of nitro groups is 1. The van der Waals surface area contributed by atoms with E-state index in [1.165, 1.54) is 12.3 Å². The molecule has 1 atom stereocenters. The highest BCUT2D eigenvalue weighted by atomic mass is 16.6. The molecule has 1 N–H and O–H groups in total. The van der Waals surface area contributed by atoms with Crippen LogP contribution in [0.15, 0.2) is 36.8 Å². The summed E-state index contributed by atoms with van der Waals surface area (Å²) in [5.74, 6) is 0.0818. The molecule has 100 valence electrons. The van der Waals surface area contributed by atoms with Crippen molar-refractivity contribution in [3.05, 3.63) is 58.0 Å². The Kier molecular flexibility index (Phi) is 3.86. The first kappa shape index (κ1) is 13.4. The zero-order chi connectivity index (χ0) is 14.5. The van der Waals surface area contributed by atoms with E-state index in [0.717, 1.165) is 5.56 Å². The molecule has 0 aliphatic heterocycles. The number of nitriles is 1. The lowest BCUT2D eigenvalue weighted by molar-refractivity contribution is -0.384. The summed E-state index contributed by atoms with van der Waals surface area (Å²) in [6, 6.07) is 6.53. The van der Waals surface area contributed by atoms with Crippen molar-refractivity contribution >= 4 is 11.5 Å². The Bertz CT molecular complexity index is 666. The van der Waals surface area contributed by atoms with Crippen LogP contribution in [0.3, 0.4) is 0 Å². The summed E-state index contributed by atoms with van der Waals surface area (Å²) in [6.45, 7) is 1.85. The minimum Gasteiger partial charge on any atom is -0.358 e. The summed E-state index contributed by atoms with van der Waals surface area (Å²) in [4.78, 5) is 18.3. The Morgan fingerprint density at radius 1 is 1.35 bits per heavy atom. The molecule has 0 bridgehead atoms. The first-order valence-electron chi connectivity index (χ1n) is 5.83. The van der Waals surface area contributed by atoms with Crippen LogP contribution in [0.5, 0.6) is 0 Å². The quantitative estimate of drug-likeness (QED) is 0.675. The normalized spacial score (nSPS) is 11.4. The molecule has 0 aliphatic carbocycles. The predicted molar refractivity (Wildman–Crippen MR) is 71.9 cm³/mol. The summed E-state index contributed by atoms with van der Waals surface area (Å²) < 4.78 is 0. The molecule has 20 heavy (non-hydrogen) atoms. The first-order chi connectivity index (χ1) is 9.63. The van der Waals surface area contributed by atoms with Crippen LogP contribution in [0.2, 0.25) is 0 Å². The van der Waals surface area contributed by atoms with E-state index in [-0.39, 0.29) is 23.1 Å². The third-order valence-electron chi connectivity index (χ3n) is 2.79. The minimum absolute atomic E-state index is 0.0190. The van der Waals surface area contributed by atoms with Gasteiger partial charge < -0.3 is 5.32 Å². The number of hydrogen-bond acceptors (Lipinski definition) is 6. The van der Waals surface area contributed by atoms with Crippen molar-refractivity contribution in [2.75, 3.05) is 5.32 Å². The molecule has 2 rings (SSSR count). The first-order valence-corrected chi connectivity index (χ1v) is 5.83. The number of hydrogen-bond donors (Lipinski definition) is 1. The second kappa shape index (κ2) is 5.75. The van der Waals surface area contributed by atoms with Gasteiger partial charge in [-0.1, -0.05) is 0 Å². The largest absolute Gasteiger partial charge is 0.358 e. The van der Waals surface area contributed by atoms with Crippen LogP contribution >= 0.6 is 0 Å². The van der Waals surface area contributed by atoms with Crippen LogP contribution in [0.1, 0.15) is 24.1 Å². The second-order valence-electron chi connectivity index (χ2n) is 4.07. The molecule has 2 aromatic rings. The molecule has 7 heteroatoms. The zero-order valence-electron chi connectivity index (χ0n) is 10.6. The molecule has 0 radical (unpaired) electrons. The van der Waals surface area contributed by atoms with Crippen LogP contribution in [0.25, 0.3) is 0 Å². The Labute approximate surface area is 115 Å². The van der Waals surface area contributed by atoms with E-state index in [9.17, 15) is 10.1 Å². The van der Waals surface area contributed by atoms with Gasteiger partial charge in [0.15, 0.2) is 0 Å². The molecule has 2 heterocycles. The van der Waals surface area contributed by atoms with Gasteiger partial charge in [-0.05, 0) is 30.7 Å². The summed E-state index contributed by atoms with van der Waals surface area (Å²) >= 11 is 0. The fourth-order valence-corrected chi connectivity index (χ4v) is 1.78. The maximum absolute atomic E-state index is 11.1. The molecule has 0 saturated heterocycles. The fourth-order valence-electron chi connectivity index (χ4n) is 1.78. The van der Waals surface area contributed by atoms with E-state index < -0.39 is 4.92 Å². The number of nitrogens with zero attached hydrogens (tertiary/aromatic N) is 4. The average molecular weight is 269 g/mol. The van der Waals surface area contributed by atoms with Crippen LogP contribution in [0, 0.1) is 21.4 Å². The van der Waals surface area contributed by atoms with E-state index in [4.69, 9.17) is 5.26 Å². The number of nitrogens with one attached hydrogen (secondary N) is 1. The standard InChI is InChI=1S/C13H11N5O2/c1-9(10-2-5-15-6-3-10)17-13-12(18(19)20)11(8-14)4-7-16-13/h2-7,9H,1H3,(H,16,17). The van der Waals surface area contributed by atoms with Crippen LogP contribution < -0.4 is 5.32 Å². The van der Waals surface area contributed by atoms with Crippen molar-refractivity contribution in [3.63, 3.8) is 0 Å². The second-order valence-corrected chi connectivity index (χ2v) is 4.07. The molecule has 0 saturated carbocycles. The lowest BCUT2D eigenvalue weighted by Gasteiger charge is -2.14. The van der Waals surface area contributed by atoms with Crippen molar-refractivity contribution in [3.8, 4) is 6.07 Å². The van der Waals surface area contributed by atoms with Gasteiger partial charge in [-0.25, -0.2) is 4.98 Å². The highest BCUT2D eigenvalue weighted by Gasteiger charge is 2.22. The van der Waals surface area contributed by atoms with Gasteiger partial charge in [-0.15, -0.1) is 0 Å². The Morgan fingerprint density at radius 2 is 2.05 bits per heavy atom. The summed E-state index contributed by atoms with van der Waals surface area (Å²) in [6.07, 6.45) is 4.65. The van der Waals surface area contributed by atoms with Crippen molar-refractivity contribution in [2.24, 2.45) is 0 Å². The van der Waals surface area contributed by atoms with Gasteiger partial charge >= 0.3 is 5.69 Å². The van der Waals surface area contributed by atoms with Gasteiger partial charge in [0, 0.05) is 18.6 Å². The summed E-state index contributed by atoms with van der Waals surface area (Å²) in [5, 5.41) is 23.0. The molecule has 0 amide bonds. The molecular formula is C13H11N5O2. The number of rotatable bonds is 4. The van der Waals surface area contributed by atoms with Crippen molar-refractivity contribution in [2.45, 2.75) is 13.0 Å². The highest BCUT2D eigenvalue weighted by Crippen LogP contribution is 2.28. The van der Waals surface area contributed by atoms with Crippen LogP contribution in [0.4, 0.5) is 11.5 Å². The van der Waals surface area contributed by atoms with Crippen molar-refractivity contribution in [1.29, 1.82) is 5.26 Å². The minimum atomic E-state index is -0.604. The molecule has 7 nitrogen and oxygen atoms in total. The molecule has 0 fully saturated rings. The molecular weight excluding hydrogens is 258 g/mol. The predicted octanol–water partition coefficient (Wildman–Crippen LogP) is 2.43. The average Bonchev–Trinajstić information content (AvgIpc) is 2.47. The van der Waals surface area contributed by atoms with Gasteiger partial charge in [-0.2, -0.15) is 5.26 Å². The molecule has 1 unspecified atom stereocenters. The number of pyridine rings is 2. The molecule has 2 aromatic heterocycles. The molecule has 0 aliphatic rings. The monoisotopic (exact) mass is 269 g/mol. The van der Waals surface area contributed by atoms with Gasteiger partial charge in [-0.3, -0.25) is 15.1 Å². The lowest BCUT2D eigenvalue weighted by atomic mass is 10.1. The van der Waals surface area contributed by atoms with Crippen molar-refractivity contribution in [1.82, 2.24) is 9.97 Å². The van der Waals surface area contributed by atoms with Gasteiger partial charge in [0.2, 0.25) is 5.82 Å².